The predicted molar refractivity (Wildman–Crippen MR) is 651 cm³/mol. The van der Waals surface area contributed by atoms with E-state index in [0.29, 0.717) is 0 Å². The van der Waals surface area contributed by atoms with E-state index in [9.17, 15) is 0 Å². The van der Waals surface area contributed by atoms with Crippen molar-refractivity contribution in [1.82, 2.24) is 0 Å². The van der Waals surface area contributed by atoms with E-state index in [-0.39, 0.29) is 35.9 Å². The first kappa shape index (κ1) is 114. The molecule has 2 aromatic carbocycles. The van der Waals surface area contributed by atoms with Gasteiger partial charge in [0.2, 0.25) is 0 Å². The molecule has 0 amide bonds. The van der Waals surface area contributed by atoms with Crippen LogP contribution in [0.2, 0.25) is 0 Å². The molecule has 0 saturated carbocycles. The van der Waals surface area contributed by atoms with Crippen LogP contribution in [-0.4, -0.2) is 0 Å². The van der Waals surface area contributed by atoms with Crippen molar-refractivity contribution < 1.29 is 21.1 Å². The monoisotopic (exact) mass is 2340 g/mol. The Kier molecular flexibility index (Phi) is 41.8. The summed E-state index contributed by atoms with van der Waals surface area (Å²) in [5.41, 5.74) is 24.6. The van der Waals surface area contributed by atoms with Gasteiger partial charge in [-0.1, -0.05) is 13.8 Å². The van der Waals surface area contributed by atoms with Crippen molar-refractivity contribution in [2.75, 3.05) is 0 Å². The summed E-state index contributed by atoms with van der Waals surface area (Å²) in [6.07, 6.45) is 4.48. The van der Waals surface area contributed by atoms with E-state index < -0.39 is 0 Å². The number of hydrogen-bond donors (Lipinski definition) is 0. The maximum absolute atomic E-state index is 3.24. The molecule has 21 rings (SSSR count). The van der Waals surface area contributed by atoms with Crippen molar-refractivity contribution in [3.63, 3.8) is 0 Å². The minimum atomic E-state index is 0. The molecule has 0 aliphatic heterocycles. The average molecular weight is 2340 g/mol. The summed E-state index contributed by atoms with van der Waals surface area (Å²) in [5.74, 6) is 0. The first-order valence-corrected chi connectivity index (χ1v) is 60.6. The first-order valence-electron chi connectivity index (χ1n) is 45.1. The van der Waals surface area contributed by atoms with Gasteiger partial charge >= 0.3 is 0 Å². The van der Waals surface area contributed by atoms with Crippen LogP contribution in [0.25, 0.3) is 120 Å². The van der Waals surface area contributed by atoms with Crippen LogP contribution in [-0.2, 0) is 21.1 Å². The summed E-state index contributed by atoms with van der Waals surface area (Å²) < 4.78 is 9.08. The molecule has 21 aromatic rings. The van der Waals surface area contributed by atoms with Crippen molar-refractivity contribution in [2.45, 2.75) is 222 Å². The van der Waals surface area contributed by atoms with Crippen molar-refractivity contribution in [3.8, 4) is 79.4 Å². The second kappa shape index (κ2) is 50.6. The Labute approximate surface area is 916 Å². The Hall–Kier alpha value is -6.05. The smallest absolute Gasteiger partial charge is 0.0635 e. The summed E-state index contributed by atoms with van der Waals surface area (Å²) in [5, 5.41) is 0. The second-order valence-electron chi connectivity index (χ2n) is 35.0. The Bertz CT molecular complexity index is 7220. The molecule has 0 atom stereocenters. The molecule has 138 heavy (non-hydrogen) atoms. The van der Waals surface area contributed by atoms with Crippen molar-refractivity contribution in [2.24, 2.45) is 0 Å². The molecular formula is C118H128S19W-4. The van der Waals surface area contributed by atoms with Crippen molar-refractivity contribution in [3.05, 3.63) is 349 Å². The van der Waals surface area contributed by atoms with Crippen molar-refractivity contribution in [1.29, 1.82) is 0 Å². The summed E-state index contributed by atoms with van der Waals surface area (Å²) in [7, 11) is 0. The third kappa shape index (κ3) is 28.6. The molecule has 19 aromatic heterocycles. The number of hydrogen-bond acceptors (Lipinski definition) is 19. The fourth-order valence-corrected chi connectivity index (χ4v) is 37.5. The van der Waals surface area contributed by atoms with Crippen LogP contribution in [0.4, 0.5) is 0 Å². The van der Waals surface area contributed by atoms with Crippen LogP contribution in [0, 0.1) is 249 Å². The first-order chi connectivity index (χ1) is 64.0. The van der Waals surface area contributed by atoms with E-state index in [0.717, 1.165) is 11.1 Å². The zero-order valence-corrected chi connectivity index (χ0v) is 105. The van der Waals surface area contributed by atoms with Crippen LogP contribution < -0.4 is 0 Å². The zero-order chi connectivity index (χ0) is 97.6. The number of fused-ring (bicyclic) bond motifs is 4. The second-order valence-corrected chi connectivity index (χ2v) is 58.3. The number of thiophene rings is 19. The number of rotatable bonds is 10. The Morgan fingerprint density at radius 3 is 0.638 bits per heavy atom. The molecule has 20 heteroatoms. The molecule has 0 nitrogen and oxygen atoms in total. The van der Waals surface area contributed by atoms with Gasteiger partial charge in [-0.2, -0.15) is 48.5 Å². The molecule has 0 radical (unpaired) electrons. The molecule has 19 heterocycles. The maximum atomic E-state index is 3.24. The molecule has 0 spiro atoms. The van der Waals surface area contributed by atoms with Crippen LogP contribution >= 0.6 is 215 Å². The SMILES string of the molecule is Cc1c[c-]c(-c2[c-]cc(C)cc2)cc1.Cc1cc(C)c(-c2ccc(-c3ccc(-c4sc(C)cc4C)s3)s2)s1.Cc1cc(C)c(-c2ccc(-c3sc(C)cc3C)s2)s1.Cc1cc(C)c(-c2sc(C)cc2C)s1.Cc1cc(C)c(/C=C/c2sc(C)cc2C)s1.Cc1cc(C)c(C)s1.Cc1ccc(-c2sc(C)cc2C)s1.Cc1sc2c(C)c(C)sc2c1C.Cc1sc2c(sc3c(C)c(C)sc32)c1C.[CH3-].[CH3-].[W]. The molecule has 0 bridgehead atoms. The molecule has 724 valence electrons. The van der Waals surface area contributed by atoms with Gasteiger partial charge in [0.1, 0.15) is 0 Å². The van der Waals surface area contributed by atoms with E-state index in [1.54, 1.807) is 0 Å². The van der Waals surface area contributed by atoms with Gasteiger partial charge in [0.15, 0.2) is 0 Å². The van der Waals surface area contributed by atoms with Gasteiger partial charge in [-0.3, -0.25) is 0 Å². The summed E-state index contributed by atoms with van der Waals surface area (Å²) in [4.78, 5) is 45.2. The third-order valence-electron chi connectivity index (χ3n) is 23.0. The van der Waals surface area contributed by atoms with Gasteiger partial charge in [0, 0.05) is 187 Å². The zero-order valence-electron chi connectivity index (χ0n) is 86.2. The van der Waals surface area contributed by atoms with Crippen LogP contribution in [0.3, 0.4) is 0 Å². The van der Waals surface area contributed by atoms with Crippen molar-refractivity contribution >= 4 is 256 Å². The summed E-state index contributed by atoms with van der Waals surface area (Å²) >= 11 is 36.3. The van der Waals surface area contributed by atoms with Crippen LogP contribution in [0.5, 0.6) is 0 Å². The van der Waals surface area contributed by atoms with E-state index in [4.69, 9.17) is 0 Å². The predicted octanol–water partition coefficient (Wildman–Crippen LogP) is 45.7. The van der Waals surface area contributed by atoms with E-state index >= 15 is 0 Å². The topological polar surface area (TPSA) is 0 Å². The fraction of sp³-hybridized carbons (Fsp3) is 0.271. The minimum absolute atomic E-state index is 0. The normalized spacial score (nSPS) is 10.8. The molecule has 0 unspecified atom stereocenters. The summed E-state index contributed by atoms with van der Waals surface area (Å²) in [6, 6.07) is 59.5. The van der Waals surface area contributed by atoms with Gasteiger partial charge in [-0.15, -0.1) is 227 Å². The van der Waals surface area contributed by atoms with Gasteiger partial charge in [-0.25, -0.2) is 11.1 Å². The molecular weight excluding hydrogens is 2210 g/mol. The Morgan fingerprint density at radius 2 is 0.413 bits per heavy atom. The fourth-order valence-electron chi connectivity index (χ4n) is 15.6. The Balaban J connectivity index is 0.000000162. The quantitative estimate of drug-likeness (QED) is 0.120. The third-order valence-corrected chi connectivity index (χ3v) is 46.9. The average Bonchev–Trinajstić information content (AvgIpc) is 1.58. The van der Waals surface area contributed by atoms with Crippen LogP contribution in [0.15, 0.2) is 146 Å². The van der Waals surface area contributed by atoms with Gasteiger partial charge in [-0.05, 0) is 407 Å². The van der Waals surface area contributed by atoms with E-state index in [2.05, 4.69) is 379 Å². The molecule has 0 N–H and O–H groups in total. The Morgan fingerprint density at radius 1 is 0.181 bits per heavy atom. The number of benzene rings is 2. The minimum Gasteiger partial charge on any atom is -0.358 e. The molecule has 0 saturated heterocycles. The van der Waals surface area contributed by atoms with Gasteiger partial charge in [0.25, 0.3) is 0 Å². The van der Waals surface area contributed by atoms with Gasteiger partial charge in [0.05, 0.1) is 18.8 Å². The molecule has 0 aliphatic carbocycles. The van der Waals surface area contributed by atoms with Crippen LogP contribution in [0.1, 0.15) is 177 Å². The standard InChI is InChI=1S/C20H18S4.C16H16S3.C14H16S2.C14H12.C12H12S3.C12H14S2.C11H12S2.C10H12S2.C7H10S.2CH3.W/c1-11-9-13(3)21-19(11)17-7-5-15(23-17)16-6-8-18(24-16)20-12(2)10-14(4)22-20;1-9-7-11(3)17-15(9)13-5-6-14(19-13)16-10(2)8-12(4)18-16;1-9-7-11(3)15-13(9)5-6-14-10(2)8-12(4)16-14;1-11-3-7-13(8-4-11)14-9-5-12(2)6-10-14;1-5-7(3)13-11-9(5)15-10-6(2)8(4)14-12(10)11;1-7-5-9(3)13-11(7)12-8(2)6-10(4)14-12;1-7-6-9(3)13-11(7)10-5-4-8(2)12-10;1-5-7(3)11-10-6(2)8(4)12-9(5)10;1-5-4-6(2)8-7(5)3;;;/h5-10H,1-4H3;5-8H,1-4H3;5-8H,1-4H3;3-7,9H,1-2H3;1-4H3;5-6H,1-4H3;4-6H,1-3H3;1-4H3;4H,1-3H3;2*1H3;/q;;;-2;;;;;;2*-1;/b;;6-5+;;;;;;;;;. The maximum Gasteiger partial charge on any atom is 0.0635 e. The van der Waals surface area contributed by atoms with Gasteiger partial charge < -0.3 is 14.9 Å². The van der Waals surface area contributed by atoms with E-state index in [1.165, 1.54) is 273 Å². The number of aryl methyl sites for hydroxylation is 32. The molecule has 0 aliphatic rings. The summed E-state index contributed by atoms with van der Waals surface area (Å²) in [6.45, 7) is 69.9. The largest absolute Gasteiger partial charge is 0.358 e. The molecule has 0 fully saturated rings. The van der Waals surface area contributed by atoms with E-state index in [1.807, 2.05) is 228 Å².